The van der Waals surface area contributed by atoms with Crippen LogP contribution in [0.4, 0.5) is 0 Å². The monoisotopic (exact) mass is 502 g/mol. The van der Waals surface area contributed by atoms with Gasteiger partial charge in [0.05, 0.1) is 5.41 Å². The van der Waals surface area contributed by atoms with Gasteiger partial charge in [0.25, 0.3) is 0 Å². The summed E-state index contributed by atoms with van der Waals surface area (Å²) in [5.41, 5.74) is 7.71. The molecule has 2 heteroatoms. The van der Waals surface area contributed by atoms with Crippen molar-refractivity contribution in [3.05, 3.63) is 142 Å². The summed E-state index contributed by atoms with van der Waals surface area (Å²) < 4.78 is 3.83. The average molecular weight is 503 g/mol. The molecule has 0 N–H and O–H groups in total. The van der Waals surface area contributed by atoms with Crippen molar-refractivity contribution in [2.45, 2.75) is 5.41 Å². The Hall–Kier alpha value is -3.20. The van der Waals surface area contributed by atoms with E-state index in [-0.39, 0.29) is 5.41 Å². The third-order valence-electron chi connectivity index (χ3n) is 7.04. The zero-order valence-corrected chi connectivity index (χ0v) is 20.2. The number of thiophene rings is 1. The second-order valence-corrected chi connectivity index (χ2v) is 10.6. The molecule has 0 radical (unpaired) electrons. The standard InChI is InChI=1S/C31H19BrS/c32-22-16-14-21(15-17-22)31(20-8-2-1-3-9-20)26-12-6-4-11-25(26)29-27(31)19-18-24-23-10-5-7-13-28(23)33-30(24)29/h1-19H. The van der Waals surface area contributed by atoms with E-state index in [1.807, 2.05) is 11.3 Å². The molecule has 1 heterocycles. The zero-order chi connectivity index (χ0) is 22.0. The van der Waals surface area contributed by atoms with Crippen molar-refractivity contribution in [2.24, 2.45) is 0 Å². The summed E-state index contributed by atoms with van der Waals surface area (Å²) in [7, 11) is 0. The number of halogens is 1. The van der Waals surface area contributed by atoms with E-state index in [1.165, 1.54) is 53.6 Å². The van der Waals surface area contributed by atoms with E-state index in [4.69, 9.17) is 0 Å². The predicted molar refractivity (Wildman–Crippen MR) is 144 cm³/mol. The number of fused-ring (bicyclic) bond motifs is 7. The quantitative estimate of drug-likeness (QED) is 0.221. The lowest BCUT2D eigenvalue weighted by Crippen LogP contribution is -2.28. The highest BCUT2D eigenvalue weighted by atomic mass is 79.9. The lowest BCUT2D eigenvalue weighted by Gasteiger charge is -2.33. The fourth-order valence-electron chi connectivity index (χ4n) is 5.72. The fraction of sp³-hybridized carbons (Fsp3) is 0.0323. The van der Waals surface area contributed by atoms with Crippen LogP contribution < -0.4 is 0 Å². The maximum atomic E-state index is 3.65. The van der Waals surface area contributed by atoms with E-state index >= 15 is 0 Å². The van der Waals surface area contributed by atoms with Gasteiger partial charge in [0.1, 0.15) is 0 Å². The highest BCUT2D eigenvalue weighted by Gasteiger charge is 2.46. The third kappa shape index (κ3) is 2.57. The van der Waals surface area contributed by atoms with Crippen LogP contribution in [-0.4, -0.2) is 0 Å². The van der Waals surface area contributed by atoms with E-state index in [9.17, 15) is 0 Å². The molecule has 7 rings (SSSR count). The molecule has 0 aliphatic heterocycles. The first-order valence-electron chi connectivity index (χ1n) is 11.1. The molecule has 1 unspecified atom stereocenters. The number of hydrogen-bond acceptors (Lipinski definition) is 1. The molecule has 0 fully saturated rings. The minimum Gasteiger partial charge on any atom is -0.135 e. The van der Waals surface area contributed by atoms with E-state index in [0.29, 0.717) is 0 Å². The molecule has 1 aromatic heterocycles. The van der Waals surface area contributed by atoms with Crippen LogP contribution in [-0.2, 0) is 5.41 Å². The van der Waals surface area contributed by atoms with E-state index in [1.54, 1.807) is 0 Å². The molecule has 1 atom stereocenters. The minimum absolute atomic E-state index is 0.349. The van der Waals surface area contributed by atoms with Crippen molar-refractivity contribution in [2.75, 3.05) is 0 Å². The van der Waals surface area contributed by atoms with Gasteiger partial charge >= 0.3 is 0 Å². The summed E-state index contributed by atoms with van der Waals surface area (Å²) in [5.74, 6) is 0. The smallest absolute Gasteiger partial charge is 0.0714 e. The summed E-state index contributed by atoms with van der Waals surface area (Å²) in [4.78, 5) is 0. The molecule has 1 aliphatic rings. The van der Waals surface area contributed by atoms with Gasteiger partial charge in [-0.3, -0.25) is 0 Å². The maximum Gasteiger partial charge on any atom is 0.0714 e. The second-order valence-electron chi connectivity index (χ2n) is 8.63. The molecule has 0 bridgehead atoms. The van der Waals surface area contributed by atoms with Gasteiger partial charge in [-0.15, -0.1) is 11.3 Å². The van der Waals surface area contributed by atoms with Gasteiger partial charge < -0.3 is 0 Å². The van der Waals surface area contributed by atoms with Crippen LogP contribution in [0.25, 0.3) is 31.3 Å². The van der Waals surface area contributed by atoms with Crippen LogP contribution in [0, 0.1) is 0 Å². The Kier molecular flexibility index (Phi) is 4.18. The molecular formula is C31H19BrS. The van der Waals surface area contributed by atoms with Crippen molar-refractivity contribution < 1.29 is 0 Å². The molecule has 156 valence electrons. The van der Waals surface area contributed by atoms with Crippen LogP contribution in [0.2, 0.25) is 0 Å². The van der Waals surface area contributed by atoms with E-state index in [2.05, 4.69) is 131 Å². The van der Waals surface area contributed by atoms with Gasteiger partial charge in [0, 0.05) is 30.2 Å². The first-order chi connectivity index (χ1) is 16.3. The predicted octanol–water partition coefficient (Wildman–Crippen LogP) is 9.18. The molecule has 33 heavy (non-hydrogen) atoms. The zero-order valence-electron chi connectivity index (χ0n) is 17.8. The molecule has 0 spiro atoms. The Morgan fingerprint density at radius 3 is 2.09 bits per heavy atom. The normalized spacial score (nSPS) is 16.8. The van der Waals surface area contributed by atoms with Crippen molar-refractivity contribution in [1.82, 2.24) is 0 Å². The Bertz CT molecular complexity index is 1660. The first-order valence-corrected chi connectivity index (χ1v) is 12.8. The third-order valence-corrected chi connectivity index (χ3v) is 8.77. The van der Waals surface area contributed by atoms with Crippen molar-refractivity contribution >= 4 is 47.4 Å². The molecule has 6 aromatic rings. The molecule has 0 nitrogen and oxygen atoms in total. The van der Waals surface area contributed by atoms with Crippen LogP contribution >= 0.6 is 27.3 Å². The Morgan fingerprint density at radius 1 is 0.545 bits per heavy atom. The Balaban J connectivity index is 1.69. The lowest BCUT2D eigenvalue weighted by molar-refractivity contribution is 0.769. The molecule has 0 saturated carbocycles. The SMILES string of the molecule is Brc1ccc(C2(c3ccccc3)c3ccccc3-c3c2ccc2c3sc3ccccc32)cc1. The van der Waals surface area contributed by atoms with Crippen LogP contribution in [0.3, 0.4) is 0 Å². The number of rotatable bonds is 2. The van der Waals surface area contributed by atoms with E-state index in [0.717, 1.165) is 4.47 Å². The second kappa shape index (κ2) is 7.15. The van der Waals surface area contributed by atoms with Crippen LogP contribution in [0.5, 0.6) is 0 Å². The number of hydrogen-bond donors (Lipinski definition) is 0. The Labute approximate surface area is 205 Å². The fourth-order valence-corrected chi connectivity index (χ4v) is 7.25. The summed E-state index contributed by atoms with van der Waals surface area (Å²) >= 11 is 5.56. The number of benzene rings is 5. The Morgan fingerprint density at radius 2 is 1.24 bits per heavy atom. The van der Waals surface area contributed by atoms with Gasteiger partial charge in [0.2, 0.25) is 0 Å². The molecule has 5 aromatic carbocycles. The summed E-state index contributed by atoms with van der Waals surface area (Å²) in [6, 6.07) is 42.4. The van der Waals surface area contributed by atoms with Gasteiger partial charge in [0.15, 0.2) is 0 Å². The largest absolute Gasteiger partial charge is 0.135 e. The highest BCUT2D eigenvalue weighted by molar-refractivity contribution is 9.10. The molecule has 0 amide bonds. The van der Waals surface area contributed by atoms with Gasteiger partial charge in [-0.1, -0.05) is 113 Å². The van der Waals surface area contributed by atoms with Crippen LogP contribution in [0.15, 0.2) is 120 Å². The lowest BCUT2D eigenvalue weighted by atomic mass is 9.68. The molecule has 0 saturated heterocycles. The molecular weight excluding hydrogens is 484 g/mol. The van der Waals surface area contributed by atoms with E-state index < -0.39 is 0 Å². The van der Waals surface area contributed by atoms with Gasteiger partial charge in [-0.05, 0) is 46.0 Å². The first kappa shape index (κ1) is 19.3. The summed E-state index contributed by atoms with van der Waals surface area (Å²) in [5, 5.41) is 2.70. The summed E-state index contributed by atoms with van der Waals surface area (Å²) in [6.45, 7) is 0. The van der Waals surface area contributed by atoms with Gasteiger partial charge in [-0.25, -0.2) is 0 Å². The van der Waals surface area contributed by atoms with Crippen LogP contribution in [0.1, 0.15) is 22.3 Å². The van der Waals surface area contributed by atoms with Crippen molar-refractivity contribution in [3.63, 3.8) is 0 Å². The molecule has 1 aliphatic carbocycles. The highest BCUT2D eigenvalue weighted by Crippen LogP contribution is 2.59. The van der Waals surface area contributed by atoms with Crippen molar-refractivity contribution in [3.8, 4) is 11.1 Å². The van der Waals surface area contributed by atoms with Gasteiger partial charge in [-0.2, -0.15) is 0 Å². The minimum atomic E-state index is -0.349. The topological polar surface area (TPSA) is 0 Å². The summed E-state index contributed by atoms with van der Waals surface area (Å²) in [6.07, 6.45) is 0. The maximum absolute atomic E-state index is 3.65. The average Bonchev–Trinajstić information content (AvgIpc) is 3.39. The van der Waals surface area contributed by atoms with Crippen molar-refractivity contribution in [1.29, 1.82) is 0 Å².